The number of ether oxygens (including phenoxy) is 2. The second-order valence-electron chi connectivity index (χ2n) is 6.06. The van der Waals surface area contributed by atoms with E-state index < -0.39 is 0 Å². The van der Waals surface area contributed by atoms with Crippen LogP contribution < -0.4 is 4.74 Å². The highest BCUT2D eigenvalue weighted by molar-refractivity contribution is 5.69. The summed E-state index contributed by atoms with van der Waals surface area (Å²) in [5.74, 6) is 1.53. The third-order valence-corrected chi connectivity index (χ3v) is 3.66. The maximum absolute atomic E-state index is 9.56. The molecule has 1 aromatic carbocycles. The van der Waals surface area contributed by atoms with Gasteiger partial charge in [0.25, 0.3) is 6.47 Å². The third kappa shape index (κ3) is 7.68. The lowest BCUT2D eigenvalue weighted by Gasteiger charge is -2.14. The largest absolute Gasteiger partial charge is 0.497 e. The fraction of sp³-hybridized carbons (Fsp3) is 0.450. The summed E-state index contributed by atoms with van der Waals surface area (Å²) in [5.41, 5.74) is 3.93. The monoisotopic (exact) mass is 316 g/mol. The van der Waals surface area contributed by atoms with Crippen molar-refractivity contribution in [2.75, 3.05) is 13.7 Å². The summed E-state index contributed by atoms with van der Waals surface area (Å²) >= 11 is 0. The summed E-state index contributed by atoms with van der Waals surface area (Å²) < 4.78 is 9.60. The van der Waals surface area contributed by atoms with Gasteiger partial charge in [0.05, 0.1) is 13.7 Å². The van der Waals surface area contributed by atoms with Gasteiger partial charge in [0.1, 0.15) is 5.75 Å². The molecule has 0 atom stereocenters. The Hall–Kier alpha value is -2.03. The second-order valence-corrected chi connectivity index (χ2v) is 6.06. The van der Waals surface area contributed by atoms with E-state index in [-0.39, 0.29) is 0 Å². The van der Waals surface area contributed by atoms with Crippen LogP contribution in [0.4, 0.5) is 0 Å². The van der Waals surface area contributed by atoms with Crippen molar-refractivity contribution in [2.24, 2.45) is 5.92 Å². The van der Waals surface area contributed by atoms with Gasteiger partial charge in [-0.15, -0.1) is 0 Å². The topological polar surface area (TPSA) is 35.5 Å². The highest BCUT2D eigenvalue weighted by Gasteiger charge is 2.07. The average molecular weight is 316 g/mol. The number of allylic oxidation sites excluding steroid dienone is 3. The van der Waals surface area contributed by atoms with Crippen molar-refractivity contribution in [2.45, 2.75) is 39.5 Å². The molecule has 0 saturated carbocycles. The Morgan fingerprint density at radius 2 is 1.91 bits per heavy atom. The Morgan fingerprint density at radius 1 is 1.22 bits per heavy atom. The summed E-state index contributed by atoms with van der Waals surface area (Å²) in [7, 11) is 1.69. The van der Waals surface area contributed by atoms with E-state index in [0.717, 1.165) is 25.0 Å². The summed E-state index contributed by atoms with van der Waals surface area (Å²) in [6.07, 6.45) is 6.69. The number of hydrogen-bond donors (Lipinski definition) is 0. The first-order valence-corrected chi connectivity index (χ1v) is 8.14. The van der Waals surface area contributed by atoms with Gasteiger partial charge < -0.3 is 9.47 Å². The van der Waals surface area contributed by atoms with Crippen LogP contribution in [0, 0.1) is 5.92 Å². The van der Waals surface area contributed by atoms with Crippen LogP contribution in [-0.4, -0.2) is 20.2 Å². The molecule has 0 aromatic heterocycles. The van der Waals surface area contributed by atoms with E-state index in [1.54, 1.807) is 7.11 Å². The van der Waals surface area contributed by atoms with Gasteiger partial charge in [-0.3, -0.25) is 4.79 Å². The predicted molar refractivity (Wildman–Crippen MR) is 95.4 cm³/mol. The SMILES string of the molecule is C=C1C=C(c2ccc(OC)cc2)CCC1.CC(C)CCOC=O. The molecule has 0 aliphatic heterocycles. The first kappa shape index (κ1) is 19.0. The number of benzene rings is 1. The van der Waals surface area contributed by atoms with Gasteiger partial charge in [0, 0.05) is 0 Å². The quantitative estimate of drug-likeness (QED) is 0.546. The van der Waals surface area contributed by atoms with Crippen molar-refractivity contribution in [3.8, 4) is 5.75 Å². The van der Waals surface area contributed by atoms with E-state index in [1.165, 1.54) is 23.1 Å². The van der Waals surface area contributed by atoms with Crippen LogP contribution in [-0.2, 0) is 9.53 Å². The number of carbonyl (C=O) groups is 1. The molecular formula is C20H28O3. The molecule has 2 rings (SSSR count). The molecule has 0 heterocycles. The van der Waals surface area contributed by atoms with Crippen molar-refractivity contribution in [1.82, 2.24) is 0 Å². The van der Waals surface area contributed by atoms with Crippen molar-refractivity contribution < 1.29 is 14.3 Å². The first-order valence-electron chi connectivity index (χ1n) is 8.14. The fourth-order valence-electron chi connectivity index (χ4n) is 2.28. The maximum atomic E-state index is 9.56. The number of rotatable bonds is 6. The standard InChI is InChI=1S/C14H16O.C6H12O2/c1-11-4-3-5-13(10-11)12-6-8-14(15-2)9-7-12;1-6(2)3-4-8-5-7/h6-10H,1,3-5H2,2H3;5-6H,3-4H2,1-2H3. The minimum atomic E-state index is 0.488. The molecule has 1 aromatic rings. The molecule has 3 nitrogen and oxygen atoms in total. The zero-order valence-electron chi connectivity index (χ0n) is 14.5. The predicted octanol–water partition coefficient (Wildman–Crippen LogP) is 5.02. The van der Waals surface area contributed by atoms with Gasteiger partial charge >= 0.3 is 0 Å². The molecule has 0 amide bonds. The number of methoxy groups -OCH3 is 1. The summed E-state index contributed by atoms with van der Waals surface area (Å²) in [5, 5.41) is 0. The Labute approximate surface area is 140 Å². The van der Waals surface area contributed by atoms with Crippen LogP contribution in [0.25, 0.3) is 5.57 Å². The maximum Gasteiger partial charge on any atom is 0.293 e. The molecule has 1 aliphatic rings. The molecule has 23 heavy (non-hydrogen) atoms. The molecule has 0 radical (unpaired) electrons. The van der Waals surface area contributed by atoms with Gasteiger partial charge in [-0.05, 0) is 54.9 Å². The second kappa shape index (κ2) is 10.7. The van der Waals surface area contributed by atoms with Crippen molar-refractivity contribution in [1.29, 1.82) is 0 Å². The van der Waals surface area contributed by atoms with Crippen molar-refractivity contribution >= 4 is 12.0 Å². The van der Waals surface area contributed by atoms with Gasteiger partial charge in [0.2, 0.25) is 0 Å². The summed E-state index contributed by atoms with van der Waals surface area (Å²) in [6, 6.07) is 8.24. The zero-order chi connectivity index (χ0) is 17.1. The van der Waals surface area contributed by atoms with Crippen molar-refractivity contribution in [3.05, 3.63) is 48.1 Å². The molecule has 1 aliphatic carbocycles. The Balaban J connectivity index is 0.000000284. The average Bonchev–Trinajstić information content (AvgIpc) is 2.55. The zero-order valence-corrected chi connectivity index (χ0v) is 14.5. The van der Waals surface area contributed by atoms with Crippen LogP contribution in [0.5, 0.6) is 5.75 Å². The molecule has 0 unspecified atom stereocenters. The van der Waals surface area contributed by atoms with Gasteiger partial charge in [-0.25, -0.2) is 0 Å². The molecule has 3 heteroatoms. The molecular weight excluding hydrogens is 288 g/mol. The lowest BCUT2D eigenvalue weighted by atomic mass is 9.91. The lowest BCUT2D eigenvalue weighted by Crippen LogP contribution is -1.96. The van der Waals surface area contributed by atoms with Crippen LogP contribution in [0.2, 0.25) is 0 Å². The Kier molecular flexibility index (Phi) is 8.81. The molecule has 126 valence electrons. The van der Waals surface area contributed by atoms with Crippen LogP contribution in [0.15, 0.2) is 42.5 Å². The molecule has 0 spiro atoms. The summed E-state index contributed by atoms with van der Waals surface area (Å²) in [6.45, 7) is 9.25. The summed E-state index contributed by atoms with van der Waals surface area (Å²) in [4.78, 5) is 9.56. The lowest BCUT2D eigenvalue weighted by molar-refractivity contribution is -0.128. The molecule has 0 saturated heterocycles. The van der Waals surface area contributed by atoms with E-state index in [2.05, 4.69) is 43.4 Å². The van der Waals surface area contributed by atoms with Crippen molar-refractivity contribution in [3.63, 3.8) is 0 Å². The Bertz CT molecular complexity index is 512. The van der Waals surface area contributed by atoms with E-state index >= 15 is 0 Å². The van der Waals surface area contributed by atoms with Gasteiger partial charge in [-0.1, -0.05) is 44.2 Å². The van der Waals surface area contributed by atoms with Crippen LogP contribution in [0.3, 0.4) is 0 Å². The molecule has 0 bridgehead atoms. The van der Waals surface area contributed by atoms with E-state index in [9.17, 15) is 4.79 Å². The highest BCUT2D eigenvalue weighted by Crippen LogP contribution is 2.29. The minimum absolute atomic E-state index is 0.488. The third-order valence-electron chi connectivity index (χ3n) is 3.66. The smallest absolute Gasteiger partial charge is 0.293 e. The fourth-order valence-corrected chi connectivity index (χ4v) is 2.28. The number of hydrogen-bond acceptors (Lipinski definition) is 3. The van der Waals surface area contributed by atoms with E-state index in [4.69, 9.17) is 4.74 Å². The molecule has 0 N–H and O–H groups in total. The van der Waals surface area contributed by atoms with Crippen LogP contribution in [0.1, 0.15) is 45.1 Å². The normalized spacial score (nSPS) is 13.7. The first-order chi connectivity index (χ1) is 11.1. The molecule has 0 fully saturated rings. The Morgan fingerprint density at radius 3 is 2.43 bits per heavy atom. The van der Waals surface area contributed by atoms with E-state index in [1.807, 2.05) is 12.1 Å². The minimum Gasteiger partial charge on any atom is -0.497 e. The van der Waals surface area contributed by atoms with Crippen LogP contribution >= 0.6 is 0 Å². The van der Waals surface area contributed by atoms with E-state index in [0.29, 0.717) is 19.0 Å². The van der Waals surface area contributed by atoms with Gasteiger partial charge in [0.15, 0.2) is 0 Å². The number of carbonyl (C=O) groups excluding carboxylic acids is 1. The highest BCUT2D eigenvalue weighted by atomic mass is 16.5. The van der Waals surface area contributed by atoms with Gasteiger partial charge in [-0.2, -0.15) is 0 Å².